The number of nitrogens with zero attached hydrogens (tertiary/aromatic N) is 4. The van der Waals surface area contributed by atoms with E-state index in [1.54, 1.807) is 30.5 Å². The van der Waals surface area contributed by atoms with E-state index in [9.17, 15) is 21.6 Å². The van der Waals surface area contributed by atoms with E-state index < -0.39 is 21.6 Å². The molecule has 0 fully saturated rings. The smallest absolute Gasteiger partial charge is 0.335 e. The highest BCUT2D eigenvalue weighted by Gasteiger charge is 2.49. The molecule has 23 heavy (non-hydrogen) atoms. The van der Waals surface area contributed by atoms with E-state index in [1.807, 2.05) is 0 Å². The first-order valence-corrected chi connectivity index (χ1v) is 7.45. The van der Waals surface area contributed by atoms with Gasteiger partial charge in [0.1, 0.15) is 0 Å². The summed E-state index contributed by atoms with van der Waals surface area (Å²) in [6.07, 6.45) is 4.23. The molecule has 0 bridgehead atoms. The molecule has 7 nitrogen and oxygen atoms in total. The Balaban J connectivity index is 2.06. The largest absolute Gasteiger partial charge is 0.534 e. The van der Waals surface area contributed by atoms with Gasteiger partial charge in [-0.2, -0.15) is 26.6 Å². The molecule has 11 heteroatoms. The van der Waals surface area contributed by atoms with Gasteiger partial charge >= 0.3 is 21.6 Å². The predicted octanol–water partition coefficient (Wildman–Crippen LogP) is 2.02. The van der Waals surface area contributed by atoms with Crippen molar-refractivity contribution in [1.29, 1.82) is 0 Å². The molecule has 0 aliphatic heterocycles. The summed E-state index contributed by atoms with van der Waals surface area (Å²) < 4.78 is 64.1. The Morgan fingerprint density at radius 1 is 1.13 bits per heavy atom. The Hall–Kier alpha value is -2.69. The third-order valence-corrected chi connectivity index (χ3v) is 3.74. The summed E-state index contributed by atoms with van der Waals surface area (Å²) in [5.74, 6) is 0. The van der Waals surface area contributed by atoms with Crippen LogP contribution in [0.5, 0.6) is 6.01 Å². The first kappa shape index (κ1) is 15.2. The quantitative estimate of drug-likeness (QED) is 0.534. The van der Waals surface area contributed by atoms with Crippen molar-refractivity contribution in [3.05, 3.63) is 42.9 Å². The monoisotopic (exact) mass is 344 g/mol. The fourth-order valence-electron chi connectivity index (χ4n) is 1.80. The zero-order valence-corrected chi connectivity index (χ0v) is 11.9. The van der Waals surface area contributed by atoms with Gasteiger partial charge in [0.2, 0.25) is 0 Å². The minimum atomic E-state index is -5.83. The number of rotatable bonds is 3. The molecular weight excluding hydrogens is 337 g/mol. The van der Waals surface area contributed by atoms with Gasteiger partial charge in [0.25, 0.3) is 0 Å². The van der Waals surface area contributed by atoms with E-state index in [-0.39, 0.29) is 0 Å². The van der Waals surface area contributed by atoms with Gasteiger partial charge in [0, 0.05) is 18.0 Å². The Morgan fingerprint density at radius 3 is 2.57 bits per heavy atom. The predicted molar refractivity (Wildman–Crippen MR) is 71.8 cm³/mol. The number of hydrogen-bond acceptors (Lipinski definition) is 6. The molecule has 0 saturated heterocycles. The van der Waals surface area contributed by atoms with Crippen LogP contribution in [-0.4, -0.2) is 33.5 Å². The van der Waals surface area contributed by atoms with Crippen LogP contribution in [0.2, 0.25) is 0 Å². The molecule has 120 valence electrons. The highest BCUT2D eigenvalue weighted by atomic mass is 32.2. The summed E-state index contributed by atoms with van der Waals surface area (Å²) in [5.41, 5.74) is -3.99. The molecule has 0 atom stereocenters. The summed E-state index contributed by atoms with van der Waals surface area (Å²) in [4.78, 5) is 7.39. The Labute approximate surface area is 127 Å². The SMILES string of the molecule is O=S(=O)(Oc1ncc2ccc(-c3cccnc3)n2n1)C(F)(F)F. The van der Waals surface area contributed by atoms with Crippen LogP contribution < -0.4 is 4.18 Å². The Bertz CT molecular complexity index is 955. The third-order valence-electron chi connectivity index (χ3n) is 2.80. The van der Waals surface area contributed by atoms with Crippen molar-refractivity contribution in [3.8, 4) is 17.3 Å². The normalized spacial score (nSPS) is 12.5. The van der Waals surface area contributed by atoms with Gasteiger partial charge in [-0.1, -0.05) is 0 Å². The van der Waals surface area contributed by atoms with E-state index >= 15 is 0 Å². The first-order valence-electron chi connectivity index (χ1n) is 6.04. The Kier molecular flexibility index (Phi) is 3.43. The fourth-order valence-corrected chi connectivity index (χ4v) is 2.17. The van der Waals surface area contributed by atoms with E-state index in [1.165, 1.54) is 10.7 Å². The molecule has 0 aromatic carbocycles. The van der Waals surface area contributed by atoms with Gasteiger partial charge < -0.3 is 4.18 Å². The lowest BCUT2D eigenvalue weighted by Gasteiger charge is -2.08. The van der Waals surface area contributed by atoms with Crippen LogP contribution >= 0.6 is 0 Å². The van der Waals surface area contributed by atoms with Crippen molar-refractivity contribution in [2.45, 2.75) is 5.51 Å². The van der Waals surface area contributed by atoms with Crippen LogP contribution in [0.3, 0.4) is 0 Å². The summed E-state index contributed by atoms with van der Waals surface area (Å²) in [6.45, 7) is 0. The van der Waals surface area contributed by atoms with Gasteiger partial charge in [-0.15, -0.1) is 5.10 Å². The van der Waals surface area contributed by atoms with E-state index in [0.29, 0.717) is 16.8 Å². The second kappa shape index (κ2) is 5.19. The molecule has 0 spiro atoms. The molecule has 0 radical (unpaired) electrons. The average Bonchev–Trinajstić information content (AvgIpc) is 2.89. The zero-order chi connectivity index (χ0) is 16.7. The van der Waals surface area contributed by atoms with Gasteiger partial charge in [-0.05, 0) is 24.3 Å². The highest BCUT2D eigenvalue weighted by molar-refractivity contribution is 7.87. The minimum absolute atomic E-state index is 0.445. The van der Waals surface area contributed by atoms with Gasteiger partial charge in [0.05, 0.1) is 17.4 Å². The molecule has 0 aliphatic carbocycles. The molecule has 0 amide bonds. The zero-order valence-electron chi connectivity index (χ0n) is 11.1. The number of fused-ring (bicyclic) bond motifs is 1. The Morgan fingerprint density at radius 2 is 1.91 bits per heavy atom. The molecule has 3 heterocycles. The number of aromatic nitrogens is 4. The number of halogens is 3. The van der Waals surface area contributed by atoms with Gasteiger partial charge in [0.15, 0.2) is 0 Å². The van der Waals surface area contributed by atoms with Crippen LogP contribution in [0.4, 0.5) is 13.2 Å². The molecule has 0 N–H and O–H groups in total. The molecule has 3 rings (SSSR count). The van der Waals surface area contributed by atoms with Crippen molar-refractivity contribution in [1.82, 2.24) is 19.6 Å². The fraction of sp³-hybridized carbons (Fsp3) is 0.0833. The molecule has 0 saturated carbocycles. The minimum Gasteiger partial charge on any atom is -0.335 e. The summed E-state index contributed by atoms with van der Waals surface area (Å²) >= 11 is 0. The molecule has 3 aromatic rings. The number of hydrogen-bond donors (Lipinski definition) is 0. The van der Waals surface area contributed by atoms with Crippen molar-refractivity contribution >= 4 is 15.6 Å². The van der Waals surface area contributed by atoms with E-state index in [2.05, 4.69) is 19.2 Å². The van der Waals surface area contributed by atoms with E-state index in [4.69, 9.17) is 0 Å². The van der Waals surface area contributed by atoms with Crippen LogP contribution in [0, 0.1) is 0 Å². The second-order valence-corrected chi connectivity index (χ2v) is 5.86. The van der Waals surface area contributed by atoms with Crippen LogP contribution in [0.15, 0.2) is 42.9 Å². The van der Waals surface area contributed by atoms with Crippen LogP contribution in [-0.2, 0) is 10.1 Å². The summed E-state index contributed by atoms with van der Waals surface area (Å²) in [7, 11) is -5.83. The summed E-state index contributed by atoms with van der Waals surface area (Å²) in [6, 6.07) is 5.70. The number of alkyl halides is 3. The average molecular weight is 344 g/mol. The van der Waals surface area contributed by atoms with Crippen LogP contribution in [0.1, 0.15) is 0 Å². The van der Waals surface area contributed by atoms with Crippen molar-refractivity contribution in [3.63, 3.8) is 0 Å². The first-order chi connectivity index (χ1) is 10.8. The molecule has 0 aliphatic rings. The van der Waals surface area contributed by atoms with Crippen molar-refractivity contribution < 1.29 is 25.8 Å². The van der Waals surface area contributed by atoms with E-state index in [0.717, 1.165) is 6.20 Å². The van der Waals surface area contributed by atoms with Crippen molar-refractivity contribution in [2.24, 2.45) is 0 Å². The topological polar surface area (TPSA) is 86.5 Å². The lowest BCUT2D eigenvalue weighted by atomic mass is 10.2. The number of pyridine rings is 1. The second-order valence-electron chi connectivity index (χ2n) is 4.32. The maximum Gasteiger partial charge on any atom is 0.534 e. The third kappa shape index (κ3) is 2.82. The lowest BCUT2D eigenvalue weighted by Crippen LogP contribution is -2.28. The van der Waals surface area contributed by atoms with Crippen molar-refractivity contribution in [2.75, 3.05) is 0 Å². The van der Waals surface area contributed by atoms with Gasteiger partial charge in [-0.25, -0.2) is 4.52 Å². The van der Waals surface area contributed by atoms with Crippen LogP contribution in [0.25, 0.3) is 16.8 Å². The highest BCUT2D eigenvalue weighted by Crippen LogP contribution is 2.26. The maximum absolute atomic E-state index is 12.3. The molecule has 3 aromatic heterocycles. The molecular formula is C12H7F3N4O3S. The molecule has 0 unspecified atom stereocenters. The summed E-state index contributed by atoms with van der Waals surface area (Å²) in [5, 5.41) is 3.69. The lowest BCUT2D eigenvalue weighted by molar-refractivity contribution is -0.0503. The maximum atomic E-state index is 12.3. The van der Waals surface area contributed by atoms with Gasteiger partial charge in [-0.3, -0.25) is 4.98 Å². The standard InChI is InChI=1S/C12H7F3N4O3S/c13-12(14,15)23(20,21)22-11-17-7-9-3-4-10(19(9)18-11)8-2-1-5-16-6-8/h1-7H.